The SMILES string of the molecule is Cc1nc2ncnc(-c3ccc(F)cc3F)c2nc1C.c1nn(C2COC2)cc1[C@H]1CCCCO1. The highest BCUT2D eigenvalue weighted by Gasteiger charge is 2.23. The molecule has 2 aliphatic rings. The van der Waals surface area contributed by atoms with Crippen molar-refractivity contribution in [2.24, 2.45) is 0 Å². The molecule has 0 saturated carbocycles. The van der Waals surface area contributed by atoms with Gasteiger partial charge in [-0.15, -0.1) is 0 Å². The lowest BCUT2D eigenvalue weighted by atomic mass is 10.0. The summed E-state index contributed by atoms with van der Waals surface area (Å²) in [5, 5.41) is 4.37. The molecule has 182 valence electrons. The van der Waals surface area contributed by atoms with E-state index in [0.29, 0.717) is 22.9 Å². The first-order valence-corrected chi connectivity index (χ1v) is 11.6. The number of fused-ring (bicyclic) bond motifs is 1. The number of ether oxygens (including phenoxy) is 2. The van der Waals surface area contributed by atoms with Crippen LogP contribution in [0.2, 0.25) is 0 Å². The van der Waals surface area contributed by atoms with E-state index in [1.165, 1.54) is 36.9 Å². The molecule has 0 aliphatic carbocycles. The van der Waals surface area contributed by atoms with E-state index in [4.69, 9.17) is 9.47 Å². The highest BCUT2D eigenvalue weighted by atomic mass is 19.1. The van der Waals surface area contributed by atoms with Crippen molar-refractivity contribution in [1.82, 2.24) is 29.7 Å². The number of aryl methyl sites for hydroxylation is 2. The predicted molar refractivity (Wildman–Crippen MR) is 125 cm³/mol. The van der Waals surface area contributed by atoms with E-state index in [1.54, 1.807) is 6.92 Å². The number of halogens is 2. The fourth-order valence-corrected chi connectivity index (χ4v) is 4.02. The quantitative estimate of drug-likeness (QED) is 0.421. The molecule has 0 unspecified atom stereocenters. The van der Waals surface area contributed by atoms with E-state index in [-0.39, 0.29) is 11.7 Å². The first-order valence-electron chi connectivity index (χ1n) is 11.6. The van der Waals surface area contributed by atoms with Crippen molar-refractivity contribution in [2.45, 2.75) is 45.3 Å². The average molecular weight is 481 g/mol. The molecule has 2 aliphatic heterocycles. The molecule has 5 heterocycles. The van der Waals surface area contributed by atoms with Gasteiger partial charge in [-0.2, -0.15) is 5.10 Å². The second-order valence-corrected chi connectivity index (χ2v) is 8.71. The Balaban J connectivity index is 0.000000151. The van der Waals surface area contributed by atoms with Gasteiger partial charge in [0.25, 0.3) is 0 Å². The van der Waals surface area contributed by atoms with Crippen LogP contribution in [0.3, 0.4) is 0 Å². The zero-order valence-corrected chi connectivity index (χ0v) is 19.6. The summed E-state index contributed by atoms with van der Waals surface area (Å²) in [6.45, 7) is 6.11. The van der Waals surface area contributed by atoms with Crippen LogP contribution in [0.5, 0.6) is 0 Å². The summed E-state index contributed by atoms with van der Waals surface area (Å²) in [5.41, 5.74) is 3.97. The number of nitrogens with zero attached hydrogens (tertiary/aromatic N) is 6. The van der Waals surface area contributed by atoms with Crippen LogP contribution in [0.1, 0.15) is 48.4 Å². The second kappa shape index (κ2) is 10.1. The van der Waals surface area contributed by atoms with Crippen LogP contribution in [0.25, 0.3) is 22.4 Å². The van der Waals surface area contributed by atoms with E-state index in [1.807, 2.05) is 17.8 Å². The summed E-state index contributed by atoms with van der Waals surface area (Å²) in [4.78, 5) is 16.8. The number of benzene rings is 1. The number of rotatable bonds is 3. The Morgan fingerprint density at radius 1 is 1.03 bits per heavy atom. The standard InChI is InChI=1S/C14H10F2N4.C11H16N2O2/c1-7-8(2)20-14-13(19-7)12(17-6-18-14)10-4-3-9(15)5-11(10)16;1-2-4-15-11(3-1)9-5-12-13(6-9)10-7-14-8-10/h3-6H,1-2H3;5-6,10-11H,1-4,7-8H2/t;11-/m.1/s1. The second-order valence-electron chi connectivity index (χ2n) is 8.71. The van der Waals surface area contributed by atoms with Crippen LogP contribution in [0.15, 0.2) is 36.9 Å². The van der Waals surface area contributed by atoms with Crippen molar-refractivity contribution >= 4 is 11.2 Å². The topological polar surface area (TPSA) is 87.8 Å². The molecular formula is C25H26F2N6O2. The van der Waals surface area contributed by atoms with Crippen LogP contribution in [0, 0.1) is 25.5 Å². The van der Waals surface area contributed by atoms with Crippen molar-refractivity contribution in [1.29, 1.82) is 0 Å². The molecule has 8 nitrogen and oxygen atoms in total. The Labute approximate surface area is 201 Å². The maximum Gasteiger partial charge on any atom is 0.182 e. The van der Waals surface area contributed by atoms with Gasteiger partial charge in [0, 0.05) is 30.0 Å². The third kappa shape index (κ3) is 5.03. The van der Waals surface area contributed by atoms with Gasteiger partial charge in [-0.05, 0) is 45.2 Å². The molecule has 4 aromatic rings. The Hall–Kier alpha value is -3.37. The molecule has 1 atom stereocenters. The van der Waals surface area contributed by atoms with E-state index in [2.05, 4.69) is 31.2 Å². The van der Waals surface area contributed by atoms with Crippen molar-refractivity contribution < 1.29 is 18.3 Å². The third-order valence-electron chi connectivity index (χ3n) is 6.23. The highest BCUT2D eigenvalue weighted by Crippen LogP contribution is 2.29. The molecule has 35 heavy (non-hydrogen) atoms. The van der Waals surface area contributed by atoms with Crippen molar-refractivity contribution in [2.75, 3.05) is 19.8 Å². The maximum absolute atomic E-state index is 13.9. The molecule has 0 amide bonds. The van der Waals surface area contributed by atoms with Crippen LogP contribution in [0.4, 0.5) is 8.78 Å². The average Bonchev–Trinajstić information content (AvgIpc) is 3.29. The first-order chi connectivity index (χ1) is 17.0. The molecule has 1 aromatic carbocycles. The fraction of sp³-hybridized carbons (Fsp3) is 0.400. The Bertz CT molecular complexity index is 1340. The molecule has 0 spiro atoms. The molecular weight excluding hydrogens is 454 g/mol. The molecule has 2 fully saturated rings. The maximum atomic E-state index is 13.9. The lowest BCUT2D eigenvalue weighted by molar-refractivity contribution is -0.0289. The zero-order valence-electron chi connectivity index (χ0n) is 19.6. The molecule has 3 aromatic heterocycles. The van der Waals surface area contributed by atoms with E-state index < -0.39 is 11.6 Å². The van der Waals surface area contributed by atoms with Gasteiger partial charge in [0.15, 0.2) is 5.65 Å². The summed E-state index contributed by atoms with van der Waals surface area (Å²) in [6.07, 6.45) is 9.21. The molecule has 0 N–H and O–H groups in total. The van der Waals surface area contributed by atoms with Gasteiger partial charge < -0.3 is 9.47 Å². The molecule has 6 rings (SSSR count). The summed E-state index contributed by atoms with van der Waals surface area (Å²) >= 11 is 0. The lowest BCUT2D eigenvalue weighted by Gasteiger charge is -2.26. The summed E-state index contributed by atoms with van der Waals surface area (Å²) < 4.78 is 39.8. The van der Waals surface area contributed by atoms with Crippen LogP contribution in [-0.2, 0) is 9.47 Å². The van der Waals surface area contributed by atoms with Crippen molar-refractivity contribution in [3.63, 3.8) is 0 Å². The van der Waals surface area contributed by atoms with Gasteiger partial charge >= 0.3 is 0 Å². The lowest BCUT2D eigenvalue weighted by Crippen LogP contribution is -2.30. The highest BCUT2D eigenvalue weighted by molar-refractivity contribution is 5.86. The summed E-state index contributed by atoms with van der Waals surface area (Å²) in [6, 6.07) is 3.78. The minimum absolute atomic E-state index is 0.177. The normalized spacial score (nSPS) is 18.1. The van der Waals surface area contributed by atoms with Gasteiger partial charge in [-0.3, -0.25) is 4.68 Å². The number of hydrogen-bond donors (Lipinski definition) is 0. The van der Waals surface area contributed by atoms with Crippen LogP contribution in [-0.4, -0.2) is 49.5 Å². The largest absolute Gasteiger partial charge is 0.377 e. The van der Waals surface area contributed by atoms with Gasteiger partial charge in [0.05, 0.1) is 42.9 Å². The molecule has 0 radical (unpaired) electrons. The zero-order chi connectivity index (χ0) is 24.4. The Morgan fingerprint density at radius 3 is 2.57 bits per heavy atom. The predicted octanol–water partition coefficient (Wildman–Crippen LogP) is 4.68. The Kier molecular flexibility index (Phi) is 6.74. The van der Waals surface area contributed by atoms with Crippen molar-refractivity contribution in [3.8, 4) is 11.3 Å². The smallest absolute Gasteiger partial charge is 0.182 e. The monoisotopic (exact) mass is 480 g/mol. The van der Waals surface area contributed by atoms with Gasteiger partial charge in [-0.25, -0.2) is 28.7 Å². The Morgan fingerprint density at radius 2 is 1.86 bits per heavy atom. The number of hydrogen-bond acceptors (Lipinski definition) is 7. The van der Waals surface area contributed by atoms with E-state index >= 15 is 0 Å². The summed E-state index contributed by atoms with van der Waals surface area (Å²) in [7, 11) is 0. The van der Waals surface area contributed by atoms with Gasteiger partial charge in [0.1, 0.15) is 29.2 Å². The van der Waals surface area contributed by atoms with Gasteiger partial charge in [-0.1, -0.05) is 0 Å². The third-order valence-corrected chi connectivity index (χ3v) is 6.23. The summed E-state index contributed by atoms with van der Waals surface area (Å²) in [5.74, 6) is -1.33. The molecule has 2 saturated heterocycles. The van der Waals surface area contributed by atoms with Crippen molar-refractivity contribution in [3.05, 3.63) is 65.5 Å². The van der Waals surface area contributed by atoms with Crippen LogP contribution < -0.4 is 0 Å². The number of aromatic nitrogens is 6. The van der Waals surface area contributed by atoms with Gasteiger partial charge in [0.2, 0.25) is 0 Å². The molecule has 0 bridgehead atoms. The molecule has 10 heteroatoms. The van der Waals surface area contributed by atoms with E-state index in [0.717, 1.165) is 43.7 Å². The van der Waals surface area contributed by atoms with E-state index in [9.17, 15) is 8.78 Å². The minimum atomic E-state index is -0.690. The first kappa shape index (κ1) is 23.4. The fourth-order valence-electron chi connectivity index (χ4n) is 4.02. The van der Waals surface area contributed by atoms with Crippen LogP contribution >= 0.6 is 0 Å². The minimum Gasteiger partial charge on any atom is -0.377 e.